The minimum Gasteiger partial charge on any atom is -0.309 e. The molecule has 8 aromatic rings. The molecule has 0 spiro atoms. The number of rotatable bonds is 4. The topological polar surface area (TPSA) is 69.2 Å². The number of para-hydroxylation sites is 1. The number of benzene rings is 5. The second-order valence-corrected chi connectivity index (χ2v) is 14.8. The lowest BCUT2D eigenvalue weighted by Gasteiger charge is -2.16. The SMILES string of the molecule is [C-]#[N+]c1ccc2c(c1)c1ccccc1n2-c1ccc2c(c1)-c1cc(-c3cc(-c4cccnc4)cc(-c4cccnc4)c3)ccc1CS(=O)(=O)C2. The zero-order chi connectivity index (χ0) is 33.8. The number of hydrogen-bond acceptors (Lipinski definition) is 4. The summed E-state index contributed by atoms with van der Waals surface area (Å²) in [6.07, 6.45) is 7.27. The molecule has 0 aliphatic carbocycles. The van der Waals surface area contributed by atoms with Gasteiger partial charge in [-0.3, -0.25) is 9.97 Å². The van der Waals surface area contributed by atoms with Gasteiger partial charge in [-0.15, -0.1) is 0 Å². The molecule has 5 aromatic carbocycles. The number of nitrogens with zero attached hydrogens (tertiary/aromatic N) is 4. The lowest BCUT2D eigenvalue weighted by atomic mass is 9.90. The van der Waals surface area contributed by atoms with Crippen LogP contribution >= 0.6 is 0 Å². The average Bonchev–Trinajstić information content (AvgIpc) is 3.43. The Morgan fingerprint density at radius 2 is 1.18 bits per heavy atom. The Kier molecular flexibility index (Phi) is 6.94. The van der Waals surface area contributed by atoms with Crippen LogP contribution in [-0.2, 0) is 21.3 Å². The fourth-order valence-electron chi connectivity index (χ4n) is 7.24. The van der Waals surface area contributed by atoms with Gasteiger partial charge < -0.3 is 4.57 Å². The summed E-state index contributed by atoms with van der Waals surface area (Å²) < 4.78 is 29.1. The van der Waals surface area contributed by atoms with E-state index in [1.807, 2.05) is 79.1 Å². The van der Waals surface area contributed by atoms with E-state index in [2.05, 4.69) is 74.0 Å². The third kappa shape index (κ3) is 5.14. The summed E-state index contributed by atoms with van der Waals surface area (Å²) in [5.41, 5.74) is 13.0. The van der Waals surface area contributed by atoms with Crippen molar-refractivity contribution in [2.45, 2.75) is 11.5 Å². The summed E-state index contributed by atoms with van der Waals surface area (Å²) in [5, 5.41) is 2.07. The van der Waals surface area contributed by atoms with Crippen LogP contribution in [0.2, 0.25) is 0 Å². The Morgan fingerprint density at radius 1 is 0.560 bits per heavy atom. The van der Waals surface area contributed by atoms with Crippen LogP contribution in [0.4, 0.5) is 5.69 Å². The summed E-state index contributed by atoms with van der Waals surface area (Å²) in [5.74, 6) is -0.0616. The Bertz CT molecular complexity index is 2730. The third-order valence-electron chi connectivity index (χ3n) is 9.54. The van der Waals surface area contributed by atoms with Gasteiger partial charge in [0.1, 0.15) is 0 Å². The van der Waals surface area contributed by atoms with Crippen molar-refractivity contribution in [3.63, 3.8) is 0 Å². The fourth-order valence-corrected chi connectivity index (χ4v) is 8.79. The second-order valence-electron chi connectivity index (χ2n) is 12.7. The first-order valence-electron chi connectivity index (χ1n) is 16.3. The van der Waals surface area contributed by atoms with Crippen LogP contribution in [0.15, 0.2) is 146 Å². The van der Waals surface area contributed by atoms with Crippen molar-refractivity contribution >= 4 is 37.3 Å². The number of sulfone groups is 1. The number of hydrogen-bond donors (Lipinski definition) is 0. The largest absolute Gasteiger partial charge is 0.309 e. The predicted octanol–water partition coefficient (Wildman–Crippen LogP) is 10.2. The standard InChI is InChI=1S/C43H28N4O2S/c1-44-36-13-15-43-41(22-36)38-8-2-3-9-42(38)47(43)37-14-12-32-27-50(48,49)26-31-11-10-28(21-39(31)40(32)23-37)33-18-34(29-6-4-16-45-24-29)20-35(19-33)30-7-5-17-46-25-30/h2-25H,26-27H2. The molecule has 50 heavy (non-hydrogen) atoms. The molecule has 7 heteroatoms. The maximum Gasteiger partial charge on any atom is 0.188 e. The van der Waals surface area contributed by atoms with E-state index in [0.717, 1.165) is 83.1 Å². The summed E-state index contributed by atoms with van der Waals surface area (Å²) in [6, 6.07) is 40.7. The van der Waals surface area contributed by atoms with E-state index in [-0.39, 0.29) is 11.5 Å². The molecule has 4 heterocycles. The highest BCUT2D eigenvalue weighted by molar-refractivity contribution is 7.89. The van der Waals surface area contributed by atoms with Crippen LogP contribution in [0.3, 0.4) is 0 Å². The number of fused-ring (bicyclic) bond motifs is 6. The van der Waals surface area contributed by atoms with Gasteiger partial charge in [0, 0.05) is 47.0 Å². The van der Waals surface area contributed by atoms with Crippen molar-refractivity contribution in [2.75, 3.05) is 0 Å². The number of aromatic nitrogens is 3. The average molecular weight is 665 g/mol. The Labute approximate surface area is 289 Å². The molecule has 0 atom stereocenters. The lowest BCUT2D eigenvalue weighted by Crippen LogP contribution is -2.05. The van der Waals surface area contributed by atoms with E-state index in [0.29, 0.717) is 5.69 Å². The molecular formula is C43H28N4O2S. The second kappa shape index (κ2) is 11.7. The molecule has 0 N–H and O–H groups in total. The summed E-state index contributed by atoms with van der Waals surface area (Å²) >= 11 is 0. The van der Waals surface area contributed by atoms with Gasteiger partial charge >= 0.3 is 0 Å². The van der Waals surface area contributed by atoms with Crippen molar-refractivity contribution < 1.29 is 8.42 Å². The maximum absolute atomic E-state index is 13.4. The predicted molar refractivity (Wildman–Crippen MR) is 201 cm³/mol. The zero-order valence-corrected chi connectivity index (χ0v) is 27.6. The summed E-state index contributed by atoms with van der Waals surface area (Å²) in [6.45, 7) is 7.58. The van der Waals surface area contributed by atoms with Crippen molar-refractivity contribution in [2.24, 2.45) is 0 Å². The van der Waals surface area contributed by atoms with Crippen LogP contribution in [0.25, 0.3) is 76.8 Å². The van der Waals surface area contributed by atoms with Gasteiger partial charge in [0.15, 0.2) is 15.5 Å². The van der Waals surface area contributed by atoms with Crippen LogP contribution < -0.4 is 0 Å². The number of pyridine rings is 2. The highest BCUT2D eigenvalue weighted by Gasteiger charge is 2.25. The van der Waals surface area contributed by atoms with E-state index < -0.39 is 9.84 Å². The molecule has 0 fully saturated rings. The first-order chi connectivity index (χ1) is 24.4. The van der Waals surface area contributed by atoms with Gasteiger partial charge in [-0.05, 0) is 117 Å². The Hall–Kier alpha value is -6.36. The highest BCUT2D eigenvalue weighted by atomic mass is 32.2. The molecule has 1 aliphatic heterocycles. The molecule has 9 rings (SSSR count). The lowest BCUT2D eigenvalue weighted by molar-refractivity contribution is 0.595. The molecule has 0 saturated heterocycles. The monoisotopic (exact) mass is 664 g/mol. The Balaban J connectivity index is 1.26. The van der Waals surface area contributed by atoms with E-state index in [4.69, 9.17) is 6.57 Å². The molecule has 6 nitrogen and oxygen atoms in total. The van der Waals surface area contributed by atoms with Crippen molar-refractivity contribution in [3.8, 4) is 50.2 Å². The maximum atomic E-state index is 13.4. The molecule has 0 radical (unpaired) electrons. The van der Waals surface area contributed by atoms with Gasteiger partial charge in [-0.1, -0.05) is 54.6 Å². The third-order valence-corrected chi connectivity index (χ3v) is 11.0. The minimum atomic E-state index is -3.40. The van der Waals surface area contributed by atoms with Gasteiger partial charge in [0.2, 0.25) is 0 Å². The molecule has 0 saturated carbocycles. The normalized spacial score (nSPS) is 13.3. The first kappa shape index (κ1) is 29.8. The van der Waals surface area contributed by atoms with Gasteiger partial charge in [0.25, 0.3) is 0 Å². The summed E-state index contributed by atoms with van der Waals surface area (Å²) in [7, 11) is -3.40. The summed E-state index contributed by atoms with van der Waals surface area (Å²) in [4.78, 5) is 12.4. The van der Waals surface area contributed by atoms with Crippen LogP contribution in [0, 0.1) is 6.57 Å². The smallest absolute Gasteiger partial charge is 0.188 e. The van der Waals surface area contributed by atoms with Crippen molar-refractivity contribution in [1.82, 2.24) is 14.5 Å². The minimum absolute atomic E-state index is 0.0297. The highest BCUT2D eigenvalue weighted by Crippen LogP contribution is 2.41. The molecule has 0 bridgehead atoms. The van der Waals surface area contributed by atoms with Gasteiger partial charge in [-0.25, -0.2) is 13.3 Å². The van der Waals surface area contributed by atoms with Crippen LogP contribution in [-0.4, -0.2) is 23.0 Å². The van der Waals surface area contributed by atoms with E-state index in [1.165, 1.54) is 0 Å². The van der Waals surface area contributed by atoms with E-state index >= 15 is 0 Å². The molecular weight excluding hydrogens is 637 g/mol. The molecule has 0 amide bonds. The van der Waals surface area contributed by atoms with Crippen LogP contribution in [0.1, 0.15) is 11.1 Å². The molecule has 0 unspecified atom stereocenters. The Morgan fingerprint density at radius 3 is 1.84 bits per heavy atom. The van der Waals surface area contributed by atoms with Gasteiger partial charge in [-0.2, -0.15) is 0 Å². The first-order valence-corrected chi connectivity index (χ1v) is 18.1. The van der Waals surface area contributed by atoms with E-state index in [9.17, 15) is 8.42 Å². The molecule has 3 aromatic heterocycles. The van der Waals surface area contributed by atoms with Crippen LogP contribution in [0.5, 0.6) is 0 Å². The molecule has 238 valence electrons. The molecule has 1 aliphatic rings. The van der Waals surface area contributed by atoms with Crippen molar-refractivity contribution in [1.29, 1.82) is 0 Å². The van der Waals surface area contributed by atoms with Crippen molar-refractivity contribution in [3.05, 3.63) is 169 Å². The zero-order valence-electron chi connectivity index (χ0n) is 26.8. The fraction of sp³-hybridized carbons (Fsp3) is 0.0465. The van der Waals surface area contributed by atoms with E-state index in [1.54, 1.807) is 12.4 Å². The quantitative estimate of drug-likeness (QED) is 0.176. The van der Waals surface area contributed by atoms with Gasteiger partial charge in [0.05, 0.1) is 29.1 Å².